The number of carbonyl (C=O) groups excluding carboxylic acids is 1. The molecular weight excluding hydrogens is 370 g/mol. The van der Waals surface area contributed by atoms with Crippen molar-refractivity contribution in [2.24, 2.45) is 0 Å². The molecule has 1 amide bonds. The van der Waals surface area contributed by atoms with E-state index in [1.54, 1.807) is 24.4 Å². The lowest BCUT2D eigenvalue weighted by atomic mass is 10.3. The van der Waals surface area contributed by atoms with Crippen LogP contribution < -0.4 is 10.2 Å². The Kier molecular flexibility index (Phi) is 8.11. The molecule has 0 unspecified atom stereocenters. The number of pyridine rings is 1. The highest BCUT2D eigenvalue weighted by molar-refractivity contribution is 7.99. The molecule has 6 nitrogen and oxygen atoms in total. The molecule has 0 radical (unpaired) electrons. The molecule has 2 heterocycles. The molecule has 8 heteroatoms. The predicted molar refractivity (Wildman–Crippen MR) is 106 cm³/mol. The highest BCUT2D eigenvalue weighted by atomic mass is 35.5. The average Bonchev–Trinajstić information content (AvgIpc) is 2.65. The van der Waals surface area contributed by atoms with Gasteiger partial charge >= 0.3 is 0 Å². The molecule has 0 aliphatic rings. The van der Waals surface area contributed by atoms with Crippen molar-refractivity contribution >= 4 is 35.1 Å². The van der Waals surface area contributed by atoms with Crippen LogP contribution in [0.5, 0.6) is 0 Å². The Bertz CT molecular complexity index is 747. The van der Waals surface area contributed by atoms with E-state index in [4.69, 9.17) is 11.6 Å². The van der Waals surface area contributed by atoms with Gasteiger partial charge in [0, 0.05) is 25.4 Å². The highest BCUT2D eigenvalue weighted by Gasteiger charge is 2.11. The van der Waals surface area contributed by atoms with Crippen molar-refractivity contribution in [2.75, 3.05) is 23.7 Å². The minimum Gasteiger partial charge on any atom is -0.350 e. The Hall–Kier alpha value is -2.38. The molecule has 26 heavy (non-hydrogen) atoms. The van der Waals surface area contributed by atoms with Gasteiger partial charge in [-0.3, -0.25) is 9.78 Å². The van der Waals surface area contributed by atoms with Crippen molar-refractivity contribution in [1.29, 1.82) is 0 Å². The van der Waals surface area contributed by atoms with E-state index in [1.807, 2.05) is 23.1 Å². The van der Waals surface area contributed by atoms with Crippen LogP contribution in [0.25, 0.3) is 0 Å². The van der Waals surface area contributed by atoms with Crippen LogP contribution in [0.2, 0.25) is 5.15 Å². The zero-order valence-corrected chi connectivity index (χ0v) is 15.8. The zero-order valence-electron chi connectivity index (χ0n) is 14.3. The van der Waals surface area contributed by atoms with E-state index in [0.717, 1.165) is 5.69 Å². The molecule has 0 saturated carbocycles. The number of carbonyl (C=O) groups is 1. The number of nitrogens with one attached hydrogen (secondary N) is 1. The maximum atomic E-state index is 12.0. The second-order valence-corrected chi connectivity index (χ2v) is 6.53. The third kappa shape index (κ3) is 6.50. The summed E-state index contributed by atoms with van der Waals surface area (Å²) in [7, 11) is 0. The molecule has 0 bridgehead atoms. The molecule has 0 spiro atoms. The van der Waals surface area contributed by atoms with E-state index in [1.165, 1.54) is 11.8 Å². The van der Waals surface area contributed by atoms with Crippen molar-refractivity contribution in [3.8, 4) is 0 Å². The van der Waals surface area contributed by atoms with Gasteiger partial charge in [-0.1, -0.05) is 41.6 Å². The van der Waals surface area contributed by atoms with Gasteiger partial charge in [0.15, 0.2) is 5.16 Å². The SMILES string of the molecule is C=CCN(CC=C)c1cc(Cl)nc(SCC(=O)NCc2ccccn2)n1. The third-order valence-corrected chi connectivity index (χ3v) is 4.25. The summed E-state index contributed by atoms with van der Waals surface area (Å²) in [6, 6.07) is 7.24. The average molecular weight is 390 g/mol. The van der Waals surface area contributed by atoms with E-state index in [2.05, 4.69) is 33.4 Å². The first-order valence-corrected chi connectivity index (χ1v) is 9.29. The second-order valence-electron chi connectivity index (χ2n) is 5.20. The maximum Gasteiger partial charge on any atom is 0.230 e. The minimum atomic E-state index is -0.125. The van der Waals surface area contributed by atoms with Gasteiger partial charge in [-0.25, -0.2) is 9.97 Å². The monoisotopic (exact) mass is 389 g/mol. The standard InChI is InChI=1S/C18H20ClN5OS/c1-3-9-24(10-4-2)16-11-15(19)22-18(23-16)26-13-17(25)21-12-14-7-5-6-8-20-14/h3-8,11H,1-2,9-10,12-13H2,(H,21,25). The van der Waals surface area contributed by atoms with Gasteiger partial charge in [-0.05, 0) is 12.1 Å². The Morgan fingerprint density at radius 3 is 2.69 bits per heavy atom. The van der Waals surface area contributed by atoms with Gasteiger partial charge in [-0.2, -0.15) is 0 Å². The summed E-state index contributed by atoms with van der Waals surface area (Å²) < 4.78 is 0. The molecule has 136 valence electrons. The summed E-state index contributed by atoms with van der Waals surface area (Å²) in [4.78, 5) is 26.8. The molecular formula is C18H20ClN5OS. The molecule has 0 fully saturated rings. The number of anilines is 1. The molecule has 0 aromatic carbocycles. The van der Waals surface area contributed by atoms with Gasteiger partial charge in [0.2, 0.25) is 5.91 Å². The Labute approximate surface area is 162 Å². The smallest absolute Gasteiger partial charge is 0.230 e. The van der Waals surface area contributed by atoms with Crippen LogP contribution in [-0.4, -0.2) is 39.7 Å². The first kappa shape index (κ1) is 19.9. The van der Waals surface area contributed by atoms with Gasteiger partial charge in [0.05, 0.1) is 18.0 Å². The largest absolute Gasteiger partial charge is 0.350 e. The fraction of sp³-hybridized carbons (Fsp3) is 0.222. The Balaban J connectivity index is 1.94. The second kappa shape index (κ2) is 10.6. The third-order valence-electron chi connectivity index (χ3n) is 3.21. The number of nitrogens with zero attached hydrogens (tertiary/aromatic N) is 4. The summed E-state index contributed by atoms with van der Waals surface area (Å²) in [6.07, 6.45) is 5.24. The normalized spacial score (nSPS) is 10.2. The maximum absolute atomic E-state index is 12.0. The van der Waals surface area contributed by atoms with Crippen molar-refractivity contribution < 1.29 is 4.79 Å². The van der Waals surface area contributed by atoms with Crippen molar-refractivity contribution in [1.82, 2.24) is 20.3 Å². The molecule has 1 N–H and O–H groups in total. The molecule has 2 rings (SSSR count). The lowest BCUT2D eigenvalue weighted by molar-refractivity contribution is -0.118. The zero-order chi connectivity index (χ0) is 18.8. The number of hydrogen-bond acceptors (Lipinski definition) is 6. The van der Waals surface area contributed by atoms with Crippen LogP contribution >= 0.6 is 23.4 Å². The molecule has 0 aliphatic carbocycles. The van der Waals surface area contributed by atoms with Crippen molar-refractivity contribution in [3.05, 3.63) is 66.6 Å². The summed E-state index contributed by atoms with van der Waals surface area (Å²) >= 11 is 7.33. The Morgan fingerprint density at radius 2 is 2.04 bits per heavy atom. The van der Waals surface area contributed by atoms with Gasteiger partial charge in [0.1, 0.15) is 11.0 Å². The van der Waals surface area contributed by atoms with E-state index >= 15 is 0 Å². The van der Waals surface area contributed by atoms with Crippen LogP contribution in [0.15, 0.2) is 60.9 Å². The summed E-state index contributed by atoms with van der Waals surface area (Å²) in [5.41, 5.74) is 0.802. The Morgan fingerprint density at radius 1 is 1.27 bits per heavy atom. The number of amides is 1. The van der Waals surface area contributed by atoms with Crippen LogP contribution in [0.1, 0.15) is 5.69 Å². The molecule has 0 saturated heterocycles. The van der Waals surface area contributed by atoms with E-state index in [9.17, 15) is 4.79 Å². The number of aromatic nitrogens is 3. The van der Waals surface area contributed by atoms with Gasteiger partial charge < -0.3 is 10.2 Å². The first-order chi connectivity index (χ1) is 12.6. The predicted octanol–water partition coefficient (Wildman–Crippen LogP) is 3.11. The van der Waals surface area contributed by atoms with E-state index < -0.39 is 0 Å². The number of thioether (sulfide) groups is 1. The minimum absolute atomic E-state index is 0.125. The summed E-state index contributed by atoms with van der Waals surface area (Å²) in [5, 5.41) is 3.58. The lowest BCUT2D eigenvalue weighted by Gasteiger charge is -2.20. The topological polar surface area (TPSA) is 71.0 Å². The molecule has 2 aromatic heterocycles. The quantitative estimate of drug-likeness (QED) is 0.291. The van der Waals surface area contributed by atoms with E-state index in [-0.39, 0.29) is 11.7 Å². The fourth-order valence-electron chi connectivity index (χ4n) is 2.06. The van der Waals surface area contributed by atoms with E-state index in [0.29, 0.717) is 35.8 Å². The number of halogens is 1. The molecule has 0 aliphatic heterocycles. The first-order valence-electron chi connectivity index (χ1n) is 7.93. The number of hydrogen-bond donors (Lipinski definition) is 1. The highest BCUT2D eigenvalue weighted by Crippen LogP contribution is 2.21. The van der Waals surface area contributed by atoms with Gasteiger partial charge in [-0.15, -0.1) is 13.2 Å². The summed E-state index contributed by atoms with van der Waals surface area (Å²) in [6.45, 7) is 9.08. The molecule has 2 aromatic rings. The van der Waals surface area contributed by atoms with Crippen LogP contribution in [-0.2, 0) is 11.3 Å². The lowest BCUT2D eigenvalue weighted by Crippen LogP contribution is -2.25. The van der Waals surface area contributed by atoms with Crippen LogP contribution in [0.4, 0.5) is 5.82 Å². The summed E-state index contributed by atoms with van der Waals surface area (Å²) in [5.74, 6) is 0.733. The van der Waals surface area contributed by atoms with Crippen LogP contribution in [0, 0.1) is 0 Å². The fourth-order valence-corrected chi connectivity index (χ4v) is 2.97. The van der Waals surface area contributed by atoms with Gasteiger partial charge in [0.25, 0.3) is 0 Å². The number of rotatable bonds is 10. The van der Waals surface area contributed by atoms with Crippen molar-refractivity contribution in [2.45, 2.75) is 11.7 Å². The van der Waals surface area contributed by atoms with Crippen LogP contribution in [0.3, 0.4) is 0 Å². The molecule has 0 atom stereocenters. The van der Waals surface area contributed by atoms with Crippen molar-refractivity contribution in [3.63, 3.8) is 0 Å².